The van der Waals surface area contributed by atoms with Crippen molar-refractivity contribution in [1.29, 1.82) is 0 Å². The molecule has 3 rings (SSSR count). The van der Waals surface area contributed by atoms with E-state index in [1.165, 1.54) is 5.69 Å². The highest BCUT2D eigenvalue weighted by atomic mass is 32.1. The van der Waals surface area contributed by atoms with Gasteiger partial charge in [-0.05, 0) is 30.4 Å². The van der Waals surface area contributed by atoms with E-state index in [-0.39, 0.29) is 0 Å². The fourth-order valence-electron chi connectivity index (χ4n) is 2.35. The van der Waals surface area contributed by atoms with E-state index in [1.807, 2.05) is 42.2 Å². The summed E-state index contributed by atoms with van der Waals surface area (Å²) in [5.74, 6) is 0.834. The second-order valence-electron chi connectivity index (χ2n) is 4.66. The third-order valence-corrected chi connectivity index (χ3v) is 3.82. The number of benzene rings is 1. The number of hydrogen-bond acceptors (Lipinski definition) is 3. The zero-order chi connectivity index (χ0) is 14.1. The normalized spacial score (nSPS) is 11.1. The molecule has 0 fully saturated rings. The Bertz CT molecular complexity index is 799. The van der Waals surface area contributed by atoms with Crippen molar-refractivity contribution in [3.63, 3.8) is 0 Å². The smallest absolute Gasteiger partial charge is 0.178 e. The van der Waals surface area contributed by atoms with E-state index in [0.29, 0.717) is 0 Å². The maximum Gasteiger partial charge on any atom is 0.178 e. The van der Waals surface area contributed by atoms with Crippen LogP contribution in [0.4, 0.5) is 0 Å². The first-order valence-corrected chi connectivity index (χ1v) is 6.83. The molecule has 6 heteroatoms. The van der Waals surface area contributed by atoms with Crippen LogP contribution in [-0.4, -0.2) is 26.4 Å². The van der Waals surface area contributed by atoms with E-state index in [1.54, 1.807) is 7.11 Å². The molecule has 20 heavy (non-hydrogen) atoms. The number of ether oxygens (including phenoxy) is 1. The Morgan fingerprint density at radius 1 is 1.35 bits per heavy atom. The third kappa shape index (κ3) is 2.22. The lowest BCUT2D eigenvalue weighted by Crippen LogP contribution is -2.05. The lowest BCUT2D eigenvalue weighted by Gasteiger charge is -2.06. The van der Waals surface area contributed by atoms with Gasteiger partial charge in [-0.3, -0.25) is 4.68 Å². The highest BCUT2D eigenvalue weighted by molar-refractivity contribution is 7.71. The molecule has 1 N–H and O–H groups in total. The van der Waals surface area contributed by atoms with Gasteiger partial charge >= 0.3 is 0 Å². The van der Waals surface area contributed by atoms with Crippen molar-refractivity contribution in [2.75, 3.05) is 7.11 Å². The van der Waals surface area contributed by atoms with Gasteiger partial charge in [0.15, 0.2) is 4.77 Å². The number of aromatic amines is 1. The summed E-state index contributed by atoms with van der Waals surface area (Å²) in [5.41, 5.74) is 3.28. The number of H-pyrrole nitrogens is 1. The second kappa shape index (κ2) is 5.13. The van der Waals surface area contributed by atoms with Crippen molar-refractivity contribution in [3.05, 3.63) is 40.9 Å². The number of nitrogens with one attached hydrogen (secondary N) is 1. The van der Waals surface area contributed by atoms with Gasteiger partial charge < -0.3 is 14.3 Å². The largest absolute Gasteiger partial charge is 0.497 e. The molecule has 0 aliphatic carbocycles. The predicted octanol–water partition coefficient (Wildman–Crippen LogP) is 2.68. The SMILES string of the molecule is COc1ccc2[nH]c(=S)n(CCc3ccnn3C)c2c1. The van der Waals surface area contributed by atoms with Crippen molar-refractivity contribution in [2.45, 2.75) is 13.0 Å². The van der Waals surface area contributed by atoms with Crippen molar-refractivity contribution in [3.8, 4) is 5.75 Å². The maximum atomic E-state index is 5.40. The molecule has 1 aromatic carbocycles. The van der Waals surface area contributed by atoms with Gasteiger partial charge in [-0.15, -0.1) is 0 Å². The predicted molar refractivity (Wildman–Crippen MR) is 80.6 cm³/mol. The number of nitrogens with zero attached hydrogens (tertiary/aromatic N) is 3. The van der Waals surface area contributed by atoms with Crippen LogP contribution in [0.2, 0.25) is 0 Å². The third-order valence-electron chi connectivity index (χ3n) is 3.50. The Labute approximate surface area is 121 Å². The minimum atomic E-state index is 0.732. The molecule has 0 radical (unpaired) electrons. The topological polar surface area (TPSA) is 47.8 Å². The summed E-state index contributed by atoms with van der Waals surface area (Å²) in [4.78, 5) is 3.22. The quantitative estimate of drug-likeness (QED) is 0.751. The van der Waals surface area contributed by atoms with E-state index < -0.39 is 0 Å². The van der Waals surface area contributed by atoms with E-state index >= 15 is 0 Å². The first kappa shape index (κ1) is 12.9. The van der Waals surface area contributed by atoms with E-state index in [4.69, 9.17) is 17.0 Å². The van der Waals surface area contributed by atoms with Crippen LogP contribution in [0.1, 0.15) is 5.69 Å². The zero-order valence-electron chi connectivity index (χ0n) is 11.5. The minimum absolute atomic E-state index is 0.732. The highest BCUT2D eigenvalue weighted by Crippen LogP contribution is 2.21. The number of hydrogen-bond donors (Lipinski definition) is 1. The summed E-state index contributed by atoms with van der Waals surface area (Å²) in [6.45, 7) is 0.811. The molecule has 0 saturated carbocycles. The molecule has 104 valence electrons. The number of fused-ring (bicyclic) bond motifs is 1. The Hall–Kier alpha value is -2.08. The van der Waals surface area contributed by atoms with Crippen LogP contribution in [-0.2, 0) is 20.0 Å². The molecule has 2 heterocycles. The molecular weight excluding hydrogens is 272 g/mol. The van der Waals surface area contributed by atoms with Crippen molar-refractivity contribution in [2.24, 2.45) is 7.05 Å². The van der Waals surface area contributed by atoms with Crippen molar-refractivity contribution in [1.82, 2.24) is 19.3 Å². The van der Waals surface area contributed by atoms with Crippen LogP contribution in [0.15, 0.2) is 30.5 Å². The lowest BCUT2D eigenvalue weighted by molar-refractivity contribution is 0.415. The first-order chi connectivity index (χ1) is 9.69. The van der Waals surface area contributed by atoms with E-state index in [9.17, 15) is 0 Å². The summed E-state index contributed by atoms with van der Waals surface area (Å²) in [6, 6.07) is 7.95. The van der Waals surface area contributed by atoms with Gasteiger partial charge in [0.05, 0.1) is 18.1 Å². The van der Waals surface area contributed by atoms with Crippen LogP contribution in [0.3, 0.4) is 0 Å². The average molecular weight is 288 g/mol. The standard InChI is InChI=1S/C14H16N4OS/c1-17-10(5-7-15-17)6-8-18-13-9-11(19-2)3-4-12(13)16-14(18)20/h3-5,7,9H,6,8H2,1-2H3,(H,16,20). The average Bonchev–Trinajstić information content (AvgIpc) is 2.99. The van der Waals surface area contributed by atoms with E-state index in [2.05, 4.69) is 14.6 Å². The van der Waals surface area contributed by atoms with Gasteiger partial charge in [0.25, 0.3) is 0 Å². The highest BCUT2D eigenvalue weighted by Gasteiger charge is 2.07. The molecule has 0 amide bonds. The minimum Gasteiger partial charge on any atom is -0.497 e. The lowest BCUT2D eigenvalue weighted by atomic mass is 10.2. The number of methoxy groups -OCH3 is 1. The molecule has 5 nitrogen and oxygen atoms in total. The summed E-state index contributed by atoms with van der Waals surface area (Å²) in [6.07, 6.45) is 2.70. The number of aryl methyl sites for hydroxylation is 3. The fourth-order valence-corrected chi connectivity index (χ4v) is 2.65. The van der Waals surface area contributed by atoms with Crippen molar-refractivity contribution >= 4 is 23.3 Å². The first-order valence-electron chi connectivity index (χ1n) is 6.42. The molecule has 2 aromatic heterocycles. The molecule has 0 bridgehead atoms. The van der Waals surface area contributed by atoms with Crippen LogP contribution < -0.4 is 4.74 Å². The Morgan fingerprint density at radius 2 is 2.20 bits per heavy atom. The molecular formula is C14H16N4OS. The summed E-state index contributed by atoms with van der Waals surface area (Å²) in [7, 11) is 3.62. The Morgan fingerprint density at radius 3 is 2.90 bits per heavy atom. The molecule has 3 aromatic rings. The molecule has 0 aliphatic rings. The zero-order valence-corrected chi connectivity index (χ0v) is 12.3. The fraction of sp³-hybridized carbons (Fsp3) is 0.286. The summed E-state index contributed by atoms with van der Waals surface area (Å²) in [5, 5.41) is 4.18. The molecule has 0 aliphatic heterocycles. The van der Waals surface area contributed by atoms with E-state index in [0.717, 1.165) is 34.5 Å². The number of imidazole rings is 1. The van der Waals surface area contributed by atoms with Gasteiger partial charge in [-0.2, -0.15) is 5.10 Å². The number of rotatable bonds is 4. The van der Waals surface area contributed by atoms with Crippen LogP contribution in [0.25, 0.3) is 11.0 Å². The number of aromatic nitrogens is 4. The van der Waals surface area contributed by atoms with Gasteiger partial charge in [0.1, 0.15) is 5.75 Å². The molecule has 0 spiro atoms. The molecule has 0 unspecified atom stereocenters. The van der Waals surface area contributed by atoms with Crippen LogP contribution >= 0.6 is 12.2 Å². The van der Waals surface area contributed by atoms with Gasteiger partial charge in [0, 0.05) is 38.0 Å². The summed E-state index contributed by atoms with van der Waals surface area (Å²) >= 11 is 5.40. The van der Waals surface area contributed by atoms with Crippen molar-refractivity contribution < 1.29 is 4.74 Å². The van der Waals surface area contributed by atoms with Crippen LogP contribution in [0.5, 0.6) is 5.75 Å². The van der Waals surface area contributed by atoms with Gasteiger partial charge in [-0.1, -0.05) is 0 Å². The second-order valence-corrected chi connectivity index (χ2v) is 5.05. The maximum absolute atomic E-state index is 5.40. The summed E-state index contributed by atoms with van der Waals surface area (Å²) < 4.78 is 10.00. The monoisotopic (exact) mass is 288 g/mol. The Kier molecular flexibility index (Phi) is 3.31. The van der Waals surface area contributed by atoms with Gasteiger partial charge in [-0.25, -0.2) is 0 Å². The molecule has 0 atom stereocenters. The Balaban J connectivity index is 1.96. The van der Waals surface area contributed by atoms with Gasteiger partial charge in [0.2, 0.25) is 0 Å². The molecule has 0 saturated heterocycles. The van der Waals surface area contributed by atoms with Crippen LogP contribution in [0, 0.1) is 4.77 Å².